The van der Waals surface area contributed by atoms with E-state index in [1.165, 1.54) is 11.3 Å². The molecular formula is C16H12Cl2O4S. The van der Waals surface area contributed by atoms with Crippen molar-refractivity contribution in [3.63, 3.8) is 0 Å². The van der Waals surface area contributed by atoms with Gasteiger partial charge >= 0.3 is 5.97 Å². The number of aliphatic carboxylic acids is 1. The Bertz CT molecular complexity index is 801. The van der Waals surface area contributed by atoms with E-state index < -0.39 is 18.0 Å². The fourth-order valence-corrected chi connectivity index (χ4v) is 4.12. The van der Waals surface area contributed by atoms with Gasteiger partial charge in [-0.1, -0.05) is 23.2 Å². The highest BCUT2D eigenvalue weighted by atomic mass is 35.5. The first-order chi connectivity index (χ1) is 10.8. The lowest BCUT2D eigenvalue weighted by Crippen LogP contribution is -2.28. The number of carbonyl (C=O) groups is 2. The van der Waals surface area contributed by atoms with Gasteiger partial charge in [-0.15, -0.1) is 0 Å². The number of hydrogen-bond acceptors (Lipinski definition) is 4. The number of carboxylic acid groups (broad SMARTS) is 1. The van der Waals surface area contributed by atoms with Crippen molar-refractivity contribution in [3.8, 4) is 5.75 Å². The Hall–Kier alpha value is -1.56. The van der Waals surface area contributed by atoms with Crippen molar-refractivity contribution >= 4 is 46.3 Å². The molecule has 0 fully saturated rings. The molecule has 0 saturated carbocycles. The Morgan fingerprint density at radius 2 is 2.17 bits per heavy atom. The number of ether oxygens (including phenoxy) is 1. The summed E-state index contributed by atoms with van der Waals surface area (Å²) >= 11 is 13.9. The zero-order chi connectivity index (χ0) is 16.8. The molecule has 0 bridgehead atoms. The van der Waals surface area contributed by atoms with Crippen molar-refractivity contribution in [1.82, 2.24) is 0 Å². The quantitative estimate of drug-likeness (QED) is 0.874. The highest BCUT2D eigenvalue weighted by Crippen LogP contribution is 2.47. The number of benzene rings is 1. The number of rotatable bonds is 4. The van der Waals surface area contributed by atoms with Gasteiger partial charge in [0.2, 0.25) is 0 Å². The first-order valence-corrected chi connectivity index (χ1v) is 8.47. The number of carboxylic acids is 1. The largest absolute Gasteiger partial charge is 0.480 e. The van der Waals surface area contributed by atoms with Crippen LogP contribution in [0, 0.1) is 0 Å². The molecule has 1 N–H and O–H groups in total. The summed E-state index contributed by atoms with van der Waals surface area (Å²) < 4.78 is 5.17. The first kappa shape index (κ1) is 16.3. The third-order valence-corrected chi connectivity index (χ3v) is 5.57. The highest BCUT2D eigenvalue weighted by molar-refractivity contribution is 7.08. The lowest BCUT2D eigenvalue weighted by molar-refractivity contribution is -0.139. The SMILES string of the molecule is CC1(c2ccsc2)Cc2cc(OCC(=O)O)c(Cl)c(Cl)c2C1=O. The molecule has 0 radical (unpaired) electrons. The number of Topliss-reactive ketones (excluding diaryl/α,β-unsaturated/α-hetero) is 1. The molecule has 1 aliphatic rings. The van der Waals surface area contributed by atoms with Crippen molar-refractivity contribution in [3.05, 3.63) is 49.6 Å². The van der Waals surface area contributed by atoms with Gasteiger partial charge in [0.05, 0.1) is 10.4 Å². The summed E-state index contributed by atoms with van der Waals surface area (Å²) in [5, 5.41) is 12.8. The lowest BCUT2D eigenvalue weighted by atomic mass is 9.80. The van der Waals surface area contributed by atoms with Gasteiger partial charge < -0.3 is 9.84 Å². The minimum absolute atomic E-state index is 0.0644. The average molecular weight is 371 g/mol. The summed E-state index contributed by atoms with van der Waals surface area (Å²) in [4.78, 5) is 23.6. The Balaban J connectivity index is 2.05. The minimum Gasteiger partial charge on any atom is -0.480 e. The zero-order valence-electron chi connectivity index (χ0n) is 12.1. The second-order valence-corrected chi connectivity index (χ2v) is 7.11. The maximum Gasteiger partial charge on any atom is 0.341 e. The van der Waals surface area contributed by atoms with E-state index in [-0.39, 0.29) is 21.6 Å². The van der Waals surface area contributed by atoms with Gasteiger partial charge in [0.15, 0.2) is 12.4 Å². The van der Waals surface area contributed by atoms with Gasteiger partial charge in [0.25, 0.3) is 0 Å². The second kappa shape index (κ2) is 5.82. The van der Waals surface area contributed by atoms with Crippen LogP contribution in [0.25, 0.3) is 0 Å². The number of hydrogen-bond donors (Lipinski definition) is 1. The molecule has 1 aliphatic carbocycles. The van der Waals surface area contributed by atoms with Crippen molar-refractivity contribution in [2.24, 2.45) is 0 Å². The zero-order valence-corrected chi connectivity index (χ0v) is 14.4. The summed E-state index contributed by atoms with van der Waals surface area (Å²) in [5.41, 5.74) is 1.36. The average Bonchev–Trinajstić information content (AvgIpc) is 3.10. The fourth-order valence-electron chi connectivity index (χ4n) is 2.83. The summed E-state index contributed by atoms with van der Waals surface area (Å²) in [7, 11) is 0. The summed E-state index contributed by atoms with van der Waals surface area (Å²) in [5.74, 6) is -1.01. The standard InChI is InChI=1S/C16H12Cl2O4S/c1-16(9-2-3-23-7-9)5-8-4-10(22-6-11(19)20)13(17)14(18)12(8)15(16)21/h2-4,7H,5-6H2,1H3,(H,19,20). The van der Waals surface area contributed by atoms with Gasteiger partial charge in [-0.3, -0.25) is 4.79 Å². The maximum absolute atomic E-state index is 12.9. The minimum atomic E-state index is -1.11. The van der Waals surface area contributed by atoms with Gasteiger partial charge in [0.1, 0.15) is 10.8 Å². The molecule has 1 unspecified atom stereocenters. The summed E-state index contributed by atoms with van der Waals surface area (Å²) in [6.07, 6.45) is 0.470. The molecule has 1 atom stereocenters. The highest BCUT2D eigenvalue weighted by Gasteiger charge is 2.45. The smallest absolute Gasteiger partial charge is 0.341 e. The number of carbonyl (C=O) groups excluding carboxylic acids is 1. The van der Waals surface area contributed by atoms with Crippen LogP contribution in [-0.2, 0) is 16.6 Å². The summed E-state index contributed by atoms with van der Waals surface area (Å²) in [6, 6.07) is 3.54. The van der Waals surface area contributed by atoms with Crippen LogP contribution in [0.3, 0.4) is 0 Å². The number of halogens is 2. The van der Waals surface area contributed by atoms with Crippen molar-refractivity contribution in [1.29, 1.82) is 0 Å². The third-order valence-electron chi connectivity index (χ3n) is 4.04. The monoisotopic (exact) mass is 370 g/mol. The van der Waals surface area contributed by atoms with Gasteiger partial charge in [-0.05, 0) is 47.4 Å². The van der Waals surface area contributed by atoms with Crippen LogP contribution in [0.1, 0.15) is 28.4 Å². The van der Waals surface area contributed by atoms with Gasteiger partial charge in [-0.25, -0.2) is 4.79 Å². The normalized spacial score (nSPS) is 19.7. The van der Waals surface area contributed by atoms with E-state index in [1.807, 2.05) is 23.8 Å². The Morgan fingerprint density at radius 3 is 2.78 bits per heavy atom. The molecule has 7 heteroatoms. The van der Waals surface area contributed by atoms with Crippen LogP contribution >= 0.6 is 34.5 Å². The molecule has 120 valence electrons. The molecule has 3 rings (SSSR count). The molecule has 1 aromatic heterocycles. The fraction of sp³-hybridized carbons (Fsp3) is 0.250. The Labute approximate surface area is 146 Å². The van der Waals surface area contributed by atoms with E-state index in [2.05, 4.69) is 0 Å². The number of thiophene rings is 1. The second-order valence-electron chi connectivity index (χ2n) is 5.57. The van der Waals surface area contributed by atoms with E-state index in [1.54, 1.807) is 6.07 Å². The topological polar surface area (TPSA) is 63.6 Å². The molecule has 4 nitrogen and oxygen atoms in total. The molecule has 23 heavy (non-hydrogen) atoms. The molecular weight excluding hydrogens is 359 g/mol. The Kier molecular flexibility index (Phi) is 4.12. The van der Waals surface area contributed by atoms with Crippen molar-refractivity contribution in [2.75, 3.05) is 6.61 Å². The van der Waals surface area contributed by atoms with Crippen LogP contribution in [-0.4, -0.2) is 23.5 Å². The molecule has 0 amide bonds. The number of fused-ring (bicyclic) bond motifs is 1. The van der Waals surface area contributed by atoms with Gasteiger partial charge in [-0.2, -0.15) is 11.3 Å². The van der Waals surface area contributed by atoms with E-state index in [0.29, 0.717) is 12.0 Å². The molecule has 1 heterocycles. The van der Waals surface area contributed by atoms with E-state index in [9.17, 15) is 9.59 Å². The van der Waals surface area contributed by atoms with E-state index >= 15 is 0 Å². The van der Waals surface area contributed by atoms with Crippen LogP contribution in [0.2, 0.25) is 10.0 Å². The third kappa shape index (κ3) is 2.63. The van der Waals surface area contributed by atoms with E-state index in [0.717, 1.165) is 11.1 Å². The lowest BCUT2D eigenvalue weighted by Gasteiger charge is -2.20. The van der Waals surface area contributed by atoms with Crippen LogP contribution in [0.4, 0.5) is 0 Å². The first-order valence-electron chi connectivity index (χ1n) is 6.77. The molecule has 0 saturated heterocycles. The maximum atomic E-state index is 12.9. The van der Waals surface area contributed by atoms with Crippen molar-refractivity contribution < 1.29 is 19.4 Å². The molecule has 0 aliphatic heterocycles. The Morgan fingerprint density at radius 1 is 1.43 bits per heavy atom. The van der Waals surface area contributed by atoms with Crippen LogP contribution in [0.5, 0.6) is 5.75 Å². The van der Waals surface area contributed by atoms with Crippen molar-refractivity contribution in [2.45, 2.75) is 18.8 Å². The van der Waals surface area contributed by atoms with Crippen LogP contribution in [0.15, 0.2) is 22.9 Å². The summed E-state index contributed by atoms with van der Waals surface area (Å²) in [6.45, 7) is 1.35. The molecule has 2 aromatic rings. The number of ketones is 1. The predicted octanol–water partition coefficient (Wildman–Crippen LogP) is 4.22. The molecule has 1 aromatic carbocycles. The molecule has 0 spiro atoms. The predicted molar refractivity (Wildman–Crippen MR) is 89.3 cm³/mol. The van der Waals surface area contributed by atoms with Crippen LogP contribution < -0.4 is 4.74 Å². The van der Waals surface area contributed by atoms with Gasteiger partial charge in [0, 0.05) is 5.56 Å². The van der Waals surface area contributed by atoms with E-state index in [4.69, 9.17) is 33.0 Å².